The molecule has 3 nitrogen and oxygen atoms in total. The van der Waals surface area contributed by atoms with Gasteiger partial charge in [0.15, 0.2) is 0 Å². The first kappa shape index (κ1) is 14.6. The Bertz CT molecular complexity index is 403. The second kappa shape index (κ2) is 5.96. The van der Waals surface area contributed by atoms with Crippen LogP contribution in [0.1, 0.15) is 26.3 Å². The number of methoxy groups -OCH3 is 1. The molecule has 0 saturated carbocycles. The predicted octanol–water partition coefficient (Wildman–Crippen LogP) is 2.46. The van der Waals surface area contributed by atoms with Crippen molar-refractivity contribution in [3.05, 3.63) is 35.6 Å². The van der Waals surface area contributed by atoms with Crippen LogP contribution in [0, 0.1) is 11.7 Å². The van der Waals surface area contributed by atoms with Crippen LogP contribution in [0.25, 0.3) is 0 Å². The normalized spacial score (nSPS) is 14.3. The minimum absolute atomic E-state index is 0.324. The highest BCUT2D eigenvalue weighted by atomic mass is 19.1. The molecule has 1 atom stereocenters. The molecule has 1 aromatic rings. The largest absolute Gasteiger partial charge is 0.467 e. The summed E-state index contributed by atoms with van der Waals surface area (Å²) in [5.74, 6) is -0.306. The van der Waals surface area contributed by atoms with Crippen LogP contribution >= 0.6 is 0 Å². The van der Waals surface area contributed by atoms with Crippen molar-refractivity contribution in [2.45, 2.75) is 26.3 Å². The minimum Gasteiger partial charge on any atom is -0.467 e. The molecule has 100 valence electrons. The standard InChI is InChI=1S/C14H20FNO2/c1-10(2)9-16-14(3,13(17)18-4)11-5-7-12(15)8-6-11/h5-8,10,16H,9H2,1-4H3. The van der Waals surface area contributed by atoms with E-state index in [1.54, 1.807) is 19.1 Å². The van der Waals surface area contributed by atoms with Crippen molar-refractivity contribution in [3.8, 4) is 0 Å². The number of ether oxygens (including phenoxy) is 1. The van der Waals surface area contributed by atoms with Crippen molar-refractivity contribution in [2.24, 2.45) is 5.92 Å². The van der Waals surface area contributed by atoms with Gasteiger partial charge in [0, 0.05) is 0 Å². The van der Waals surface area contributed by atoms with Crippen LogP contribution in [0.2, 0.25) is 0 Å². The van der Waals surface area contributed by atoms with Crippen LogP contribution in [0.5, 0.6) is 0 Å². The summed E-state index contributed by atoms with van der Waals surface area (Å²) in [7, 11) is 1.35. The van der Waals surface area contributed by atoms with Crippen molar-refractivity contribution in [1.82, 2.24) is 5.32 Å². The molecule has 4 heteroatoms. The molecule has 0 heterocycles. The SMILES string of the molecule is COC(=O)C(C)(NCC(C)C)c1ccc(F)cc1. The van der Waals surface area contributed by atoms with Crippen molar-refractivity contribution in [1.29, 1.82) is 0 Å². The lowest BCUT2D eigenvalue weighted by molar-refractivity contribution is -0.148. The molecule has 0 fully saturated rings. The second-order valence-corrected chi connectivity index (χ2v) is 4.90. The Balaban J connectivity index is 3.03. The quantitative estimate of drug-likeness (QED) is 0.819. The number of halogens is 1. The highest BCUT2D eigenvalue weighted by molar-refractivity contribution is 5.82. The van der Waals surface area contributed by atoms with Crippen LogP contribution in [-0.2, 0) is 15.1 Å². The Morgan fingerprint density at radius 3 is 2.39 bits per heavy atom. The van der Waals surface area contributed by atoms with E-state index < -0.39 is 5.54 Å². The number of hydrogen-bond acceptors (Lipinski definition) is 3. The molecule has 1 rings (SSSR count). The van der Waals surface area contributed by atoms with E-state index in [1.807, 2.05) is 0 Å². The van der Waals surface area contributed by atoms with E-state index in [2.05, 4.69) is 19.2 Å². The van der Waals surface area contributed by atoms with Gasteiger partial charge in [0.25, 0.3) is 0 Å². The van der Waals surface area contributed by atoms with E-state index >= 15 is 0 Å². The van der Waals surface area contributed by atoms with Crippen LogP contribution in [-0.4, -0.2) is 19.6 Å². The summed E-state index contributed by atoms with van der Waals surface area (Å²) >= 11 is 0. The fourth-order valence-corrected chi connectivity index (χ4v) is 1.69. The topological polar surface area (TPSA) is 38.3 Å². The van der Waals surface area contributed by atoms with Gasteiger partial charge in [-0.15, -0.1) is 0 Å². The third-order valence-corrected chi connectivity index (χ3v) is 2.88. The first-order valence-corrected chi connectivity index (χ1v) is 5.99. The molecular formula is C14H20FNO2. The van der Waals surface area contributed by atoms with Crippen molar-refractivity contribution < 1.29 is 13.9 Å². The molecule has 0 aliphatic carbocycles. The molecule has 18 heavy (non-hydrogen) atoms. The number of nitrogens with one attached hydrogen (secondary N) is 1. The number of hydrogen-bond donors (Lipinski definition) is 1. The lowest BCUT2D eigenvalue weighted by atomic mass is 9.91. The number of carbonyl (C=O) groups excluding carboxylic acids is 1. The Morgan fingerprint density at radius 1 is 1.39 bits per heavy atom. The number of rotatable bonds is 5. The van der Waals surface area contributed by atoms with E-state index in [1.165, 1.54) is 19.2 Å². The van der Waals surface area contributed by atoms with Gasteiger partial charge in [0.2, 0.25) is 0 Å². The maximum absolute atomic E-state index is 12.9. The average molecular weight is 253 g/mol. The summed E-state index contributed by atoms with van der Waals surface area (Å²) in [6.07, 6.45) is 0. The van der Waals surface area contributed by atoms with Gasteiger partial charge in [-0.05, 0) is 37.1 Å². The van der Waals surface area contributed by atoms with Crippen molar-refractivity contribution in [2.75, 3.05) is 13.7 Å². The van der Waals surface area contributed by atoms with Gasteiger partial charge >= 0.3 is 5.97 Å². The zero-order valence-electron chi connectivity index (χ0n) is 11.3. The highest BCUT2D eigenvalue weighted by Gasteiger charge is 2.35. The van der Waals surface area contributed by atoms with E-state index in [9.17, 15) is 9.18 Å². The van der Waals surface area contributed by atoms with Crippen LogP contribution in [0.4, 0.5) is 4.39 Å². The zero-order chi connectivity index (χ0) is 13.8. The minimum atomic E-state index is -0.952. The Morgan fingerprint density at radius 2 is 1.94 bits per heavy atom. The predicted molar refractivity (Wildman–Crippen MR) is 68.6 cm³/mol. The van der Waals surface area contributed by atoms with E-state index in [0.29, 0.717) is 18.0 Å². The third-order valence-electron chi connectivity index (χ3n) is 2.88. The zero-order valence-corrected chi connectivity index (χ0v) is 11.3. The molecule has 1 N–H and O–H groups in total. The third kappa shape index (κ3) is 3.29. The molecule has 1 unspecified atom stereocenters. The molecule has 0 spiro atoms. The summed E-state index contributed by atoms with van der Waals surface area (Å²) in [4.78, 5) is 12.0. The molecular weight excluding hydrogens is 233 g/mol. The van der Waals surface area contributed by atoms with Gasteiger partial charge in [0.05, 0.1) is 7.11 Å². The van der Waals surface area contributed by atoms with Gasteiger partial charge in [-0.3, -0.25) is 5.32 Å². The van der Waals surface area contributed by atoms with Gasteiger partial charge in [-0.1, -0.05) is 26.0 Å². The molecule has 0 aliphatic heterocycles. The highest BCUT2D eigenvalue weighted by Crippen LogP contribution is 2.23. The number of benzene rings is 1. The maximum Gasteiger partial charge on any atom is 0.330 e. The smallest absolute Gasteiger partial charge is 0.330 e. The molecule has 0 bridgehead atoms. The van der Waals surface area contributed by atoms with Crippen molar-refractivity contribution >= 4 is 5.97 Å². The molecule has 0 aromatic heterocycles. The molecule has 0 aliphatic rings. The van der Waals surface area contributed by atoms with Crippen LogP contribution in [0.3, 0.4) is 0 Å². The van der Waals surface area contributed by atoms with Gasteiger partial charge in [-0.2, -0.15) is 0 Å². The summed E-state index contributed by atoms with van der Waals surface area (Å²) in [5.41, 5.74) is -0.261. The lowest BCUT2D eigenvalue weighted by Gasteiger charge is -2.29. The maximum atomic E-state index is 12.9. The molecule has 0 saturated heterocycles. The molecule has 1 aromatic carbocycles. The summed E-state index contributed by atoms with van der Waals surface area (Å²) in [5, 5.41) is 3.19. The fourth-order valence-electron chi connectivity index (χ4n) is 1.69. The Hall–Kier alpha value is -1.42. The number of esters is 1. The lowest BCUT2D eigenvalue weighted by Crippen LogP contribution is -2.48. The van der Waals surface area contributed by atoms with Gasteiger partial charge in [0.1, 0.15) is 11.4 Å². The molecule has 0 amide bonds. The fraction of sp³-hybridized carbons (Fsp3) is 0.500. The Kier molecular flexibility index (Phi) is 4.84. The monoisotopic (exact) mass is 253 g/mol. The first-order valence-electron chi connectivity index (χ1n) is 5.99. The van der Waals surface area contributed by atoms with Crippen LogP contribution in [0.15, 0.2) is 24.3 Å². The van der Waals surface area contributed by atoms with Gasteiger partial charge in [-0.25, -0.2) is 9.18 Å². The second-order valence-electron chi connectivity index (χ2n) is 4.90. The summed E-state index contributed by atoms with van der Waals surface area (Å²) in [6, 6.07) is 5.88. The van der Waals surface area contributed by atoms with Gasteiger partial charge < -0.3 is 4.74 Å². The van der Waals surface area contributed by atoms with E-state index in [0.717, 1.165) is 0 Å². The van der Waals surface area contributed by atoms with E-state index in [4.69, 9.17) is 4.74 Å². The first-order chi connectivity index (χ1) is 8.40. The van der Waals surface area contributed by atoms with Crippen LogP contribution < -0.4 is 5.32 Å². The Labute approximate surface area is 107 Å². The number of carbonyl (C=O) groups is 1. The molecule has 0 radical (unpaired) electrons. The van der Waals surface area contributed by atoms with E-state index in [-0.39, 0.29) is 11.8 Å². The summed E-state index contributed by atoms with van der Waals surface area (Å²) in [6.45, 7) is 6.52. The average Bonchev–Trinajstić information content (AvgIpc) is 2.35. The van der Waals surface area contributed by atoms with Crippen molar-refractivity contribution in [3.63, 3.8) is 0 Å². The summed E-state index contributed by atoms with van der Waals surface area (Å²) < 4.78 is 17.8.